The van der Waals surface area contributed by atoms with Gasteiger partial charge in [0.2, 0.25) is 0 Å². The van der Waals surface area contributed by atoms with Crippen LogP contribution < -0.4 is 4.90 Å². The zero-order valence-electron chi connectivity index (χ0n) is 10.3. The van der Waals surface area contributed by atoms with Gasteiger partial charge in [0.25, 0.3) is 5.91 Å². The topological polar surface area (TPSA) is 49.6 Å². The fraction of sp³-hybridized carbons (Fsp3) is 0.385. The molecule has 1 aromatic rings. The van der Waals surface area contributed by atoms with Gasteiger partial charge in [-0.25, -0.2) is 4.79 Å². The molecule has 1 saturated heterocycles. The predicted octanol–water partition coefficient (Wildman–Crippen LogP) is 1.33. The van der Waals surface area contributed by atoms with E-state index in [9.17, 15) is 9.59 Å². The van der Waals surface area contributed by atoms with E-state index < -0.39 is 11.6 Å². The lowest BCUT2D eigenvalue weighted by molar-refractivity contribution is -0.121. The van der Waals surface area contributed by atoms with Crippen molar-refractivity contribution in [1.29, 1.82) is 0 Å². The van der Waals surface area contributed by atoms with Crippen LogP contribution in [0.25, 0.3) is 0 Å². The van der Waals surface area contributed by atoms with Gasteiger partial charge in [-0.3, -0.25) is 9.69 Å². The number of para-hydroxylation sites is 1. The van der Waals surface area contributed by atoms with E-state index in [0.717, 1.165) is 11.3 Å². The van der Waals surface area contributed by atoms with Gasteiger partial charge in [-0.05, 0) is 13.0 Å². The van der Waals surface area contributed by atoms with Crippen LogP contribution in [0.4, 0.5) is 10.5 Å². The first kappa shape index (κ1) is 11.1. The van der Waals surface area contributed by atoms with Crippen molar-refractivity contribution in [3.8, 4) is 0 Å². The predicted molar refractivity (Wildman–Crippen MR) is 65.3 cm³/mol. The Morgan fingerprint density at radius 2 is 2.17 bits per heavy atom. The van der Waals surface area contributed by atoms with Gasteiger partial charge in [-0.2, -0.15) is 0 Å². The van der Waals surface area contributed by atoms with Crippen LogP contribution in [0.3, 0.4) is 0 Å². The van der Waals surface area contributed by atoms with E-state index in [0.29, 0.717) is 13.2 Å². The summed E-state index contributed by atoms with van der Waals surface area (Å²) in [7, 11) is 1.73. The molecule has 1 atom stereocenters. The van der Waals surface area contributed by atoms with E-state index in [1.165, 1.54) is 4.90 Å². The SMILES string of the molecule is CCOC(=O)N1CC12C(=O)N(C)c1ccccc12. The smallest absolute Gasteiger partial charge is 0.411 e. The highest BCUT2D eigenvalue weighted by Crippen LogP contribution is 2.52. The largest absolute Gasteiger partial charge is 0.450 e. The molecular weight excluding hydrogens is 232 g/mol. The molecule has 1 fully saturated rings. The van der Waals surface area contributed by atoms with E-state index >= 15 is 0 Å². The van der Waals surface area contributed by atoms with E-state index in [4.69, 9.17) is 4.74 Å². The van der Waals surface area contributed by atoms with Crippen molar-refractivity contribution in [2.24, 2.45) is 0 Å². The Morgan fingerprint density at radius 3 is 2.89 bits per heavy atom. The number of likely N-dealkylation sites (N-methyl/N-ethyl adjacent to an activating group) is 1. The zero-order valence-corrected chi connectivity index (χ0v) is 10.3. The third-order valence-electron chi connectivity index (χ3n) is 3.60. The molecule has 1 spiro atoms. The molecule has 5 nitrogen and oxygen atoms in total. The van der Waals surface area contributed by atoms with Crippen LogP contribution in [0.2, 0.25) is 0 Å². The molecule has 0 bridgehead atoms. The molecule has 1 unspecified atom stereocenters. The van der Waals surface area contributed by atoms with Crippen LogP contribution in [0, 0.1) is 0 Å². The van der Waals surface area contributed by atoms with Crippen molar-refractivity contribution in [2.45, 2.75) is 12.5 Å². The third-order valence-corrected chi connectivity index (χ3v) is 3.60. The van der Waals surface area contributed by atoms with Gasteiger partial charge >= 0.3 is 6.09 Å². The Kier molecular flexibility index (Phi) is 2.14. The monoisotopic (exact) mass is 246 g/mol. The normalized spacial score (nSPS) is 24.4. The molecule has 18 heavy (non-hydrogen) atoms. The number of hydrogen-bond acceptors (Lipinski definition) is 3. The summed E-state index contributed by atoms with van der Waals surface area (Å²) in [5.74, 6) is -0.0586. The summed E-state index contributed by atoms with van der Waals surface area (Å²) in [6.07, 6.45) is -0.420. The number of amides is 2. The molecule has 2 amide bonds. The number of fused-ring (bicyclic) bond motifs is 2. The second-order valence-electron chi connectivity index (χ2n) is 4.53. The van der Waals surface area contributed by atoms with Crippen molar-refractivity contribution in [3.05, 3.63) is 29.8 Å². The second-order valence-corrected chi connectivity index (χ2v) is 4.53. The Hall–Kier alpha value is -2.04. The maximum absolute atomic E-state index is 12.3. The highest BCUT2D eigenvalue weighted by atomic mass is 16.6. The number of nitrogens with zero attached hydrogens (tertiary/aromatic N) is 2. The maximum atomic E-state index is 12.3. The molecule has 2 aliphatic heterocycles. The van der Waals surface area contributed by atoms with E-state index in [-0.39, 0.29) is 5.91 Å². The average Bonchev–Trinajstić information content (AvgIpc) is 3.09. The lowest BCUT2D eigenvalue weighted by atomic mass is 10.0. The highest BCUT2D eigenvalue weighted by molar-refractivity contribution is 6.11. The number of carbonyl (C=O) groups is 2. The van der Waals surface area contributed by atoms with Crippen LogP contribution in [0.15, 0.2) is 24.3 Å². The molecule has 94 valence electrons. The molecule has 0 aromatic heterocycles. The molecule has 0 aliphatic carbocycles. The molecule has 2 heterocycles. The van der Waals surface area contributed by atoms with Crippen molar-refractivity contribution in [1.82, 2.24) is 4.90 Å². The second kappa shape index (κ2) is 3.48. The van der Waals surface area contributed by atoms with E-state index in [1.807, 2.05) is 24.3 Å². The quantitative estimate of drug-likeness (QED) is 0.702. The van der Waals surface area contributed by atoms with Crippen molar-refractivity contribution < 1.29 is 14.3 Å². The summed E-state index contributed by atoms with van der Waals surface area (Å²) in [5.41, 5.74) is 0.956. The maximum Gasteiger partial charge on any atom is 0.411 e. The summed E-state index contributed by atoms with van der Waals surface area (Å²) in [5, 5.41) is 0. The minimum Gasteiger partial charge on any atom is -0.450 e. The van der Waals surface area contributed by atoms with Gasteiger partial charge in [-0.15, -0.1) is 0 Å². The number of rotatable bonds is 1. The standard InChI is InChI=1S/C13H14N2O3/c1-3-18-12(17)15-8-13(15)9-6-4-5-7-10(9)14(2)11(13)16/h4-7H,3,8H2,1-2H3. The Morgan fingerprint density at radius 1 is 1.44 bits per heavy atom. The molecule has 0 N–H and O–H groups in total. The molecule has 5 heteroatoms. The van der Waals surface area contributed by atoms with Crippen molar-refractivity contribution in [3.63, 3.8) is 0 Å². The number of benzene rings is 1. The minimum atomic E-state index is -0.808. The van der Waals surface area contributed by atoms with Crippen LogP contribution in [0.5, 0.6) is 0 Å². The lowest BCUT2D eigenvalue weighted by Crippen LogP contribution is -2.34. The average molecular weight is 246 g/mol. The fourth-order valence-corrected chi connectivity index (χ4v) is 2.65. The first-order chi connectivity index (χ1) is 8.63. The van der Waals surface area contributed by atoms with Gasteiger partial charge in [0.05, 0.1) is 13.2 Å². The fourth-order valence-electron chi connectivity index (χ4n) is 2.65. The number of ether oxygens (including phenoxy) is 1. The summed E-state index contributed by atoms with van der Waals surface area (Å²) in [6, 6.07) is 7.56. The van der Waals surface area contributed by atoms with Gasteiger partial charge in [-0.1, -0.05) is 18.2 Å². The van der Waals surface area contributed by atoms with Crippen LogP contribution in [0.1, 0.15) is 12.5 Å². The summed E-state index contributed by atoms with van der Waals surface area (Å²) >= 11 is 0. The third kappa shape index (κ3) is 1.16. The Bertz CT molecular complexity index is 543. The van der Waals surface area contributed by atoms with E-state index in [2.05, 4.69) is 0 Å². The van der Waals surface area contributed by atoms with Gasteiger partial charge in [0, 0.05) is 18.3 Å². The number of anilines is 1. The first-order valence-electron chi connectivity index (χ1n) is 5.95. The van der Waals surface area contributed by atoms with Gasteiger partial charge in [0.15, 0.2) is 5.54 Å². The van der Waals surface area contributed by atoms with Crippen LogP contribution in [-0.4, -0.2) is 37.1 Å². The van der Waals surface area contributed by atoms with E-state index in [1.54, 1.807) is 18.9 Å². The molecule has 0 radical (unpaired) electrons. The highest BCUT2D eigenvalue weighted by Gasteiger charge is 2.68. The number of carbonyl (C=O) groups excluding carboxylic acids is 2. The zero-order chi connectivity index (χ0) is 12.9. The molecule has 2 aliphatic rings. The summed E-state index contributed by atoms with van der Waals surface area (Å²) in [6.45, 7) is 2.48. The Balaban J connectivity index is 2.00. The van der Waals surface area contributed by atoms with Gasteiger partial charge < -0.3 is 9.64 Å². The summed E-state index contributed by atoms with van der Waals surface area (Å²) < 4.78 is 4.97. The lowest BCUT2D eigenvalue weighted by Gasteiger charge is -2.11. The van der Waals surface area contributed by atoms with Gasteiger partial charge in [0.1, 0.15) is 0 Å². The molecule has 3 rings (SSSR count). The molecule has 0 saturated carbocycles. The molecular formula is C13H14N2O3. The minimum absolute atomic E-state index is 0.0586. The molecule has 1 aromatic carbocycles. The van der Waals surface area contributed by atoms with Crippen molar-refractivity contribution >= 4 is 17.7 Å². The van der Waals surface area contributed by atoms with Crippen LogP contribution in [-0.2, 0) is 15.1 Å². The van der Waals surface area contributed by atoms with Crippen LogP contribution >= 0.6 is 0 Å². The first-order valence-corrected chi connectivity index (χ1v) is 5.95. The Labute approximate surface area is 105 Å². The number of hydrogen-bond donors (Lipinski definition) is 0. The summed E-state index contributed by atoms with van der Waals surface area (Å²) in [4.78, 5) is 27.2. The van der Waals surface area contributed by atoms with Crippen molar-refractivity contribution in [2.75, 3.05) is 25.1 Å².